The highest BCUT2D eigenvalue weighted by molar-refractivity contribution is 7.89. The number of alkyl halides is 3. The summed E-state index contributed by atoms with van der Waals surface area (Å²) in [4.78, 5) is -0.180. The molecular weight excluding hydrogens is 309 g/mol. The third-order valence-electron chi connectivity index (χ3n) is 2.98. The SMILES string of the molecule is CCN(CC(F)(F)F)S(=O)(=O)c1c(C)oc(C)c1CNC. The summed E-state index contributed by atoms with van der Waals surface area (Å²) >= 11 is 0. The van der Waals surface area contributed by atoms with Crippen LogP contribution >= 0.6 is 0 Å². The van der Waals surface area contributed by atoms with Crippen LogP contribution < -0.4 is 5.32 Å². The second-order valence-electron chi connectivity index (χ2n) is 4.60. The molecule has 1 N–H and O–H groups in total. The third-order valence-corrected chi connectivity index (χ3v) is 5.10. The van der Waals surface area contributed by atoms with Crippen molar-refractivity contribution in [1.82, 2.24) is 9.62 Å². The van der Waals surface area contributed by atoms with Gasteiger partial charge in [-0.1, -0.05) is 6.92 Å². The van der Waals surface area contributed by atoms with E-state index < -0.39 is 22.7 Å². The molecule has 0 radical (unpaired) electrons. The van der Waals surface area contributed by atoms with Crippen LogP contribution in [0.5, 0.6) is 0 Å². The average Bonchev–Trinajstić information content (AvgIpc) is 2.61. The highest BCUT2D eigenvalue weighted by atomic mass is 32.2. The Kier molecular flexibility index (Phi) is 5.46. The van der Waals surface area contributed by atoms with Crippen molar-refractivity contribution in [2.24, 2.45) is 0 Å². The second kappa shape index (κ2) is 6.37. The van der Waals surface area contributed by atoms with Crippen LogP contribution in [0, 0.1) is 13.8 Å². The number of nitrogens with one attached hydrogen (secondary N) is 1. The molecule has 1 rings (SSSR count). The van der Waals surface area contributed by atoms with Gasteiger partial charge in [-0.3, -0.25) is 0 Å². The van der Waals surface area contributed by atoms with Crippen molar-refractivity contribution in [3.05, 3.63) is 17.1 Å². The van der Waals surface area contributed by atoms with Crippen LogP contribution in [0.3, 0.4) is 0 Å². The Hall–Kier alpha value is -1.06. The summed E-state index contributed by atoms with van der Waals surface area (Å²) < 4.78 is 68.4. The van der Waals surface area contributed by atoms with Crippen molar-refractivity contribution in [2.45, 2.75) is 38.4 Å². The predicted octanol–water partition coefficient (Wildman–Crippen LogP) is 2.19. The Morgan fingerprint density at radius 3 is 2.24 bits per heavy atom. The molecule has 0 aliphatic heterocycles. The van der Waals surface area contributed by atoms with E-state index in [4.69, 9.17) is 4.42 Å². The molecule has 0 spiro atoms. The standard InChI is InChI=1S/C12H19F3N2O3S/c1-5-17(7-12(13,14)15)21(18,19)11-9(3)20-8(2)10(11)6-16-4/h16H,5-7H2,1-4H3. The fourth-order valence-electron chi connectivity index (χ4n) is 2.12. The first-order valence-electron chi connectivity index (χ1n) is 6.35. The maximum absolute atomic E-state index is 12.6. The van der Waals surface area contributed by atoms with Crippen molar-refractivity contribution in [3.63, 3.8) is 0 Å². The lowest BCUT2D eigenvalue weighted by Gasteiger charge is -2.22. The normalized spacial score (nSPS) is 13.1. The molecule has 5 nitrogen and oxygen atoms in total. The lowest BCUT2D eigenvalue weighted by Crippen LogP contribution is -2.39. The minimum atomic E-state index is -4.60. The first-order chi connectivity index (χ1) is 9.54. The van der Waals surface area contributed by atoms with Gasteiger partial charge < -0.3 is 9.73 Å². The topological polar surface area (TPSA) is 62.6 Å². The summed E-state index contributed by atoms with van der Waals surface area (Å²) in [5.74, 6) is 0.474. The first kappa shape index (κ1) is 18.0. The zero-order chi connectivity index (χ0) is 16.4. The summed E-state index contributed by atoms with van der Waals surface area (Å²) in [6, 6.07) is 0. The van der Waals surface area contributed by atoms with Gasteiger partial charge in [-0.15, -0.1) is 0 Å². The molecule has 0 atom stereocenters. The van der Waals surface area contributed by atoms with Crippen LogP contribution in [0.15, 0.2) is 9.31 Å². The van der Waals surface area contributed by atoms with E-state index in [1.165, 1.54) is 13.8 Å². The molecule has 0 saturated carbocycles. The molecule has 9 heteroatoms. The number of halogens is 3. The van der Waals surface area contributed by atoms with Crippen LogP contribution in [0.4, 0.5) is 13.2 Å². The molecule has 1 aromatic rings. The summed E-state index contributed by atoms with van der Waals surface area (Å²) in [7, 11) is -2.65. The molecule has 1 aromatic heterocycles. The average molecular weight is 328 g/mol. The van der Waals surface area contributed by atoms with E-state index in [0.29, 0.717) is 15.6 Å². The first-order valence-corrected chi connectivity index (χ1v) is 7.79. The molecule has 1 heterocycles. The molecule has 0 aliphatic rings. The molecular formula is C12H19F3N2O3S. The molecule has 0 saturated heterocycles. The van der Waals surface area contributed by atoms with Crippen molar-refractivity contribution in [2.75, 3.05) is 20.1 Å². The van der Waals surface area contributed by atoms with Gasteiger partial charge in [0.1, 0.15) is 23.0 Å². The van der Waals surface area contributed by atoms with E-state index >= 15 is 0 Å². The number of nitrogens with zero attached hydrogens (tertiary/aromatic N) is 1. The number of aryl methyl sites for hydroxylation is 2. The monoisotopic (exact) mass is 328 g/mol. The van der Waals surface area contributed by atoms with Gasteiger partial charge in [0.15, 0.2) is 0 Å². The summed E-state index contributed by atoms with van der Waals surface area (Å²) in [5, 5.41) is 2.79. The maximum atomic E-state index is 12.6. The van der Waals surface area contributed by atoms with Crippen molar-refractivity contribution in [3.8, 4) is 0 Å². The summed E-state index contributed by atoms with van der Waals surface area (Å²) in [5.41, 5.74) is 0.357. The van der Waals surface area contributed by atoms with Gasteiger partial charge in [0.05, 0.1) is 0 Å². The molecule has 0 fully saturated rings. The second-order valence-corrected chi connectivity index (χ2v) is 6.47. The summed E-state index contributed by atoms with van der Waals surface area (Å²) in [6.07, 6.45) is -4.60. The van der Waals surface area contributed by atoms with Gasteiger partial charge >= 0.3 is 6.18 Å². The van der Waals surface area contributed by atoms with Crippen LogP contribution in [0.1, 0.15) is 24.0 Å². The number of hydrogen-bond donors (Lipinski definition) is 1. The minimum Gasteiger partial charge on any atom is -0.465 e. The molecule has 0 unspecified atom stereocenters. The fraction of sp³-hybridized carbons (Fsp3) is 0.667. The van der Waals surface area contributed by atoms with Gasteiger partial charge in [-0.05, 0) is 20.9 Å². The number of hydrogen-bond acceptors (Lipinski definition) is 4. The van der Waals surface area contributed by atoms with E-state index in [9.17, 15) is 21.6 Å². The Morgan fingerprint density at radius 1 is 1.24 bits per heavy atom. The van der Waals surface area contributed by atoms with Crippen LogP contribution in [-0.4, -0.2) is 39.0 Å². The molecule has 122 valence electrons. The van der Waals surface area contributed by atoms with Crippen LogP contribution in [0.2, 0.25) is 0 Å². The molecule has 0 aromatic carbocycles. The number of furan rings is 1. The lowest BCUT2D eigenvalue weighted by atomic mass is 10.2. The number of rotatable bonds is 6. The Bertz CT molecular complexity index is 594. The third kappa shape index (κ3) is 3.98. The maximum Gasteiger partial charge on any atom is 0.402 e. The van der Waals surface area contributed by atoms with Gasteiger partial charge in [-0.25, -0.2) is 8.42 Å². The fourth-order valence-corrected chi connectivity index (χ4v) is 3.97. The highest BCUT2D eigenvalue weighted by Gasteiger charge is 2.38. The predicted molar refractivity (Wildman–Crippen MR) is 71.4 cm³/mol. The van der Waals surface area contributed by atoms with Crippen LogP contribution in [-0.2, 0) is 16.6 Å². The zero-order valence-electron chi connectivity index (χ0n) is 12.3. The summed E-state index contributed by atoms with van der Waals surface area (Å²) in [6.45, 7) is 2.78. The van der Waals surface area contributed by atoms with Crippen LogP contribution in [0.25, 0.3) is 0 Å². The van der Waals surface area contributed by atoms with Gasteiger partial charge in [-0.2, -0.15) is 17.5 Å². The van der Waals surface area contributed by atoms with Crippen molar-refractivity contribution < 1.29 is 26.0 Å². The van der Waals surface area contributed by atoms with E-state index in [0.717, 1.165) is 0 Å². The van der Waals surface area contributed by atoms with E-state index in [-0.39, 0.29) is 23.7 Å². The molecule has 0 bridgehead atoms. The Balaban J connectivity index is 3.35. The van der Waals surface area contributed by atoms with Gasteiger partial charge in [0.2, 0.25) is 10.0 Å². The Labute approximate surface area is 122 Å². The van der Waals surface area contributed by atoms with Crippen molar-refractivity contribution >= 4 is 10.0 Å². The molecule has 21 heavy (non-hydrogen) atoms. The highest BCUT2D eigenvalue weighted by Crippen LogP contribution is 2.30. The van der Waals surface area contributed by atoms with E-state index in [1.54, 1.807) is 14.0 Å². The minimum absolute atomic E-state index is 0.0957. The van der Waals surface area contributed by atoms with Gasteiger partial charge in [0, 0.05) is 18.7 Å². The lowest BCUT2D eigenvalue weighted by molar-refractivity contribution is -0.135. The van der Waals surface area contributed by atoms with E-state index in [1.807, 2.05) is 0 Å². The molecule has 0 aliphatic carbocycles. The zero-order valence-corrected chi connectivity index (χ0v) is 13.2. The number of sulfonamides is 1. The van der Waals surface area contributed by atoms with E-state index in [2.05, 4.69) is 5.32 Å². The van der Waals surface area contributed by atoms with Crippen molar-refractivity contribution in [1.29, 1.82) is 0 Å². The molecule has 0 amide bonds. The largest absolute Gasteiger partial charge is 0.465 e. The Morgan fingerprint density at radius 2 is 1.81 bits per heavy atom. The smallest absolute Gasteiger partial charge is 0.402 e. The quantitative estimate of drug-likeness (QED) is 0.869. The van der Waals surface area contributed by atoms with Gasteiger partial charge in [0.25, 0.3) is 0 Å².